The van der Waals surface area contributed by atoms with Crippen LogP contribution in [0.2, 0.25) is 0 Å². The Labute approximate surface area is 176 Å². The smallest absolute Gasteiger partial charge is 0.229 e. The molecular formula is C24H28N4O2. The molecule has 0 fully saturated rings. The minimum absolute atomic E-state index is 0.00997. The number of benzene rings is 2. The molecule has 1 unspecified atom stereocenters. The first-order valence-electron chi connectivity index (χ1n) is 10.4. The summed E-state index contributed by atoms with van der Waals surface area (Å²) in [5.41, 5.74) is 3.83. The van der Waals surface area contributed by atoms with Crippen LogP contribution in [0, 0.1) is 0 Å². The van der Waals surface area contributed by atoms with Crippen molar-refractivity contribution in [2.24, 2.45) is 0 Å². The SMILES string of the molecule is CC(=O)N1CCc2ccccc2C1CC(=O)Nc1nc2ccccc2n1C(C)(C)C. The Hall–Kier alpha value is -3.15. The molecule has 0 bridgehead atoms. The second-order valence-corrected chi connectivity index (χ2v) is 8.86. The van der Waals surface area contributed by atoms with Crippen molar-refractivity contribution in [3.63, 3.8) is 0 Å². The van der Waals surface area contributed by atoms with Crippen molar-refractivity contribution in [3.05, 3.63) is 59.7 Å². The maximum Gasteiger partial charge on any atom is 0.229 e. The number of amides is 2. The number of nitrogens with zero attached hydrogens (tertiary/aromatic N) is 3. The lowest BCUT2D eigenvalue weighted by Gasteiger charge is -2.36. The lowest BCUT2D eigenvalue weighted by Crippen LogP contribution is -2.40. The highest BCUT2D eigenvalue weighted by atomic mass is 16.2. The Kier molecular flexibility index (Phi) is 5.10. The Bertz CT molecular complexity index is 1110. The van der Waals surface area contributed by atoms with Gasteiger partial charge in [-0.25, -0.2) is 4.98 Å². The lowest BCUT2D eigenvalue weighted by molar-refractivity contribution is -0.132. The van der Waals surface area contributed by atoms with E-state index in [0.717, 1.165) is 23.0 Å². The van der Waals surface area contributed by atoms with E-state index in [1.165, 1.54) is 5.56 Å². The lowest BCUT2D eigenvalue weighted by atomic mass is 9.90. The first-order chi connectivity index (χ1) is 14.3. The molecule has 3 aromatic rings. The zero-order valence-corrected chi connectivity index (χ0v) is 18.0. The molecule has 1 aliphatic heterocycles. The largest absolute Gasteiger partial charge is 0.335 e. The van der Waals surface area contributed by atoms with E-state index in [4.69, 9.17) is 0 Å². The van der Waals surface area contributed by atoms with Crippen LogP contribution in [0.25, 0.3) is 11.0 Å². The summed E-state index contributed by atoms with van der Waals surface area (Å²) in [6.45, 7) is 8.46. The molecule has 2 amide bonds. The first kappa shape index (κ1) is 20.1. The van der Waals surface area contributed by atoms with E-state index in [0.29, 0.717) is 12.5 Å². The molecule has 2 heterocycles. The van der Waals surface area contributed by atoms with Crippen LogP contribution in [0.3, 0.4) is 0 Å². The highest BCUT2D eigenvalue weighted by Gasteiger charge is 2.31. The summed E-state index contributed by atoms with van der Waals surface area (Å²) in [6.07, 6.45) is 1.01. The van der Waals surface area contributed by atoms with Crippen LogP contribution >= 0.6 is 0 Å². The first-order valence-corrected chi connectivity index (χ1v) is 10.4. The fraction of sp³-hybridized carbons (Fsp3) is 0.375. The van der Waals surface area contributed by atoms with Crippen molar-refractivity contribution < 1.29 is 9.59 Å². The van der Waals surface area contributed by atoms with Gasteiger partial charge in [-0.1, -0.05) is 36.4 Å². The van der Waals surface area contributed by atoms with E-state index in [-0.39, 0.29) is 29.8 Å². The Balaban J connectivity index is 1.64. The number of carbonyl (C=O) groups is 2. The van der Waals surface area contributed by atoms with Crippen molar-refractivity contribution in [2.75, 3.05) is 11.9 Å². The third-order valence-corrected chi connectivity index (χ3v) is 5.68. The summed E-state index contributed by atoms with van der Waals surface area (Å²) in [4.78, 5) is 31.8. The van der Waals surface area contributed by atoms with Crippen LogP contribution < -0.4 is 5.32 Å². The van der Waals surface area contributed by atoms with E-state index in [1.807, 2.05) is 42.5 Å². The van der Waals surface area contributed by atoms with Crippen molar-refractivity contribution in [2.45, 2.75) is 52.1 Å². The Morgan fingerprint density at radius 3 is 2.53 bits per heavy atom. The van der Waals surface area contributed by atoms with Gasteiger partial charge in [-0.05, 0) is 50.5 Å². The van der Waals surface area contributed by atoms with Gasteiger partial charge in [0.1, 0.15) is 0 Å². The number of rotatable bonds is 3. The van der Waals surface area contributed by atoms with Crippen LogP contribution in [0.5, 0.6) is 0 Å². The van der Waals surface area contributed by atoms with Crippen LogP contribution in [0.1, 0.15) is 51.3 Å². The number of aromatic nitrogens is 2. The van der Waals surface area contributed by atoms with Crippen molar-refractivity contribution in [1.29, 1.82) is 0 Å². The number of hydrogen-bond donors (Lipinski definition) is 1. The quantitative estimate of drug-likeness (QED) is 0.709. The second kappa shape index (κ2) is 7.59. The second-order valence-electron chi connectivity index (χ2n) is 8.86. The van der Waals surface area contributed by atoms with E-state index in [2.05, 4.69) is 41.7 Å². The number of anilines is 1. The molecule has 156 valence electrons. The van der Waals surface area contributed by atoms with Crippen LogP contribution in [-0.2, 0) is 21.5 Å². The van der Waals surface area contributed by atoms with Crippen molar-refractivity contribution in [1.82, 2.24) is 14.5 Å². The summed E-state index contributed by atoms with van der Waals surface area (Å²) >= 11 is 0. The molecule has 1 N–H and O–H groups in total. The topological polar surface area (TPSA) is 67.2 Å². The fourth-order valence-corrected chi connectivity index (χ4v) is 4.39. The molecule has 0 saturated carbocycles. The van der Waals surface area contributed by atoms with E-state index >= 15 is 0 Å². The number of nitrogens with one attached hydrogen (secondary N) is 1. The molecule has 0 saturated heterocycles. The maximum absolute atomic E-state index is 13.1. The number of hydrogen-bond acceptors (Lipinski definition) is 3. The van der Waals surface area contributed by atoms with Gasteiger partial charge in [-0.2, -0.15) is 0 Å². The highest BCUT2D eigenvalue weighted by molar-refractivity contribution is 5.92. The molecule has 2 aromatic carbocycles. The summed E-state index contributed by atoms with van der Waals surface area (Å²) in [6, 6.07) is 15.7. The number of carbonyl (C=O) groups excluding carboxylic acids is 2. The van der Waals surface area contributed by atoms with Gasteiger partial charge in [-0.15, -0.1) is 0 Å². The van der Waals surface area contributed by atoms with E-state index in [1.54, 1.807) is 11.8 Å². The summed E-state index contributed by atoms with van der Waals surface area (Å²) in [5.74, 6) is 0.375. The molecule has 6 nitrogen and oxygen atoms in total. The van der Waals surface area contributed by atoms with Gasteiger partial charge in [0.15, 0.2) is 0 Å². The average molecular weight is 405 g/mol. The highest BCUT2D eigenvalue weighted by Crippen LogP contribution is 2.33. The van der Waals surface area contributed by atoms with Crippen molar-refractivity contribution >= 4 is 28.8 Å². The predicted molar refractivity (Wildman–Crippen MR) is 118 cm³/mol. The van der Waals surface area contributed by atoms with Gasteiger partial charge in [0.25, 0.3) is 0 Å². The Morgan fingerprint density at radius 2 is 1.80 bits per heavy atom. The van der Waals surface area contributed by atoms with E-state index < -0.39 is 0 Å². The molecule has 1 aliphatic rings. The molecular weight excluding hydrogens is 376 g/mol. The Morgan fingerprint density at radius 1 is 1.10 bits per heavy atom. The van der Waals surface area contributed by atoms with Crippen LogP contribution in [0.15, 0.2) is 48.5 Å². The third kappa shape index (κ3) is 3.70. The monoisotopic (exact) mass is 404 g/mol. The predicted octanol–water partition coefficient (Wildman–Crippen LogP) is 4.27. The van der Waals surface area contributed by atoms with Crippen LogP contribution in [-0.4, -0.2) is 32.8 Å². The average Bonchev–Trinajstić information content (AvgIpc) is 3.05. The van der Waals surface area contributed by atoms with Gasteiger partial charge in [0, 0.05) is 19.0 Å². The van der Waals surface area contributed by atoms with E-state index in [9.17, 15) is 9.59 Å². The summed E-state index contributed by atoms with van der Waals surface area (Å²) in [5, 5.41) is 3.02. The summed E-state index contributed by atoms with van der Waals surface area (Å²) in [7, 11) is 0. The van der Waals surface area contributed by atoms with Gasteiger partial charge in [-0.3, -0.25) is 14.9 Å². The number of fused-ring (bicyclic) bond motifs is 2. The van der Waals surface area contributed by atoms with Gasteiger partial charge < -0.3 is 9.47 Å². The zero-order chi connectivity index (χ0) is 21.5. The fourth-order valence-electron chi connectivity index (χ4n) is 4.39. The van der Waals surface area contributed by atoms with Crippen molar-refractivity contribution in [3.8, 4) is 0 Å². The standard InChI is InChI=1S/C24H28N4O2/c1-16(29)27-14-13-17-9-5-6-10-18(17)21(27)15-22(30)26-23-25-19-11-7-8-12-20(19)28(23)24(2,3)4/h5-12,21H,13-15H2,1-4H3,(H,25,26,30). The molecule has 30 heavy (non-hydrogen) atoms. The molecule has 4 rings (SSSR count). The molecule has 0 aliphatic carbocycles. The van der Waals surface area contributed by atoms with Gasteiger partial charge >= 0.3 is 0 Å². The number of para-hydroxylation sites is 2. The normalized spacial score (nSPS) is 16.4. The molecule has 0 spiro atoms. The van der Waals surface area contributed by atoms with Crippen LogP contribution in [0.4, 0.5) is 5.95 Å². The third-order valence-electron chi connectivity index (χ3n) is 5.68. The maximum atomic E-state index is 13.1. The minimum atomic E-state index is -0.264. The van der Waals surface area contributed by atoms with Gasteiger partial charge in [0.05, 0.1) is 23.5 Å². The molecule has 1 atom stereocenters. The molecule has 1 aromatic heterocycles. The van der Waals surface area contributed by atoms with Gasteiger partial charge in [0.2, 0.25) is 17.8 Å². The zero-order valence-electron chi connectivity index (χ0n) is 18.0. The number of imidazole rings is 1. The summed E-state index contributed by atoms with van der Waals surface area (Å²) < 4.78 is 2.05. The minimum Gasteiger partial charge on any atom is -0.335 e. The molecule has 6 heteroatoms. The molecule has 0 radical (unpaired) electrons.